The van der Waals surface area contributed by atoms with Gasteiger partial charge < -0.3 is 9.84 Å². The van der Waals surface area contributed by atoms with Gasteiger partial charge in [-0.05, 0) is 6.42 Å². The van der Waals surface area contributed by atoms with E-state index in [1.54, 1.807) is 0 Å². The van der Waals surface area contributed by atoms with E-state index >= 15 is 0 Å². The Morgan fingerprint density at radius 2 is 2.50 bits per heavy atom. The Morgan fingerprint density at radius 3 is 2.70 bits per heavy atom. The number of carboxylic acids is 1. The molecule has 4 heteroatoms. The van der Waals surface area contributed by atoms with Crippen molar-refractivity contribution in [2.45, 2.75) is 6.42 Å². The molecule has 0 unspecified atom stereocenters. The van der Waals surface area contributed by atoms with E-state index in [4.69, 9.17) is 5.11 Å². The average Bonchev–Trinajstić information content (AvgIpc) is 2.52. The van der Waals surface area contributed by atoms with Gasteiger partial charge in [0.25, 0.3) is 0 Å². The summed E-state index contributed by atoms with van der Waals surface area (Å²) in [6.45, 7) is 0.297. The number of carbonyl (C=O) groups is 2. The van der Waals surface area contributed by atoms with Gasteiger partial charge in [0.1, 0.15) is 0 Å². The molecule has 0 aromatic rings. The lowest BCUT2D eigenvalue weighted by Gasteiger charge is -1.99. The summed E-state index contributed by atoms with van der Waals surface area (Å²) in [5.41, 5.74) is -1.12. The molecular formula is C6H6O4. The highest BCUT2D eigenvalue weighted by Gasteiger charge is 2.71. The van der Waals surface area contributed by atoms with E-state index in [2.05, 4.69) is 4.74 Å². The van der Waals surface area contributed by atoms with Crippen molar-refractivity contribution in [1.82, 2.24) is 0 Å². The van der Waals surface area contributed by atoms with Gasteiger partial charge in [0, 0.05) is 5.92 Å². The first-order valence-electron chi connectivity index (χ1n) is 3.08. The van der Waals surface area contributed by atoms with E-state index in [0.717, 1.165) is 0 Å². The molecule has 0 bridgehead atoms. The number of carbonyl (C=O) groups excluding carboxylic acids is 1. The van der Waals surface area contributed by atoms with Crippen LogP contribution in [0.5, 0.6) is 0 Å². The standard InChI is InChI=1S/C6H6O4/c7-4(8)6-1-3(6)2-10-5(6)9/h3H,1-2H2,(H,7,8)/t3-,6-/m0/s1. The zero-order chi connectivity index (χ0) is 7.35. The van der Waals surface area contributed by atoms with Gasteiger partial charge in [0.05, 0.1) is 6.61 Å². The van der Waals surface area contributed by atoms with Crippen LogP contribution in [0.1, 0.15) is 6.42 Å². The Labute approximate surface area is 56.8 Å². The molecule has 1 aliphatic heterocycles. The summed E-state index contributed by atoms with van der Waals surface area (Å²) in [6, 6.07) is 0. The second-order valence-electron chi connectivity index (χ2n) is 2.78. The number of carboxylic acid groups (broad SMARTS) is 1. The van der Waals surface area contributed by atoms with Crippen molar-refractivity contribution < 1.29 is 19.4 Å². The lowest BCUT2D eigenvalue weighted by atomic mass is 10.1. The molecule has 1 N–H and O–H groups in total. The first-order chi connectivity index (χ1) is 4.68. The fourth-order valence-corrected chi connectivity index (χ4v) is 1.44. The first-order valence-corrected chi connectivity index (χ1v) is 3.08. The molecule has 10 heavy (non-hydrogen) atoms. The molecule has 4 nitrogen and oxygen atoms in total. The van der Waals surface area contributed by atoms with Crippen molar-refractivity contribution in [3.63, 3.8) is 0 Å². The van der Waals surface area contributed by atoms with Crippen LogP contribution in [0.4, 0.5) is 0 Å². The van der Waals surface area contributed by atoms with Crippen molar-refractivity contribution in [3.8, 4) is 0 Å². The molecule has 2 rings (SSSR count). The average molecular weight is 142 g/mol. The second-order valence-corrected chi connectivity index (χ2v) is 2.78. The zero-order valence-electron chi connectivity index (χ0n) is 5.16. The topological polar surface area (TPSA) is 63.6 Å². The molecule has 0 aromatic carbocycles. The Hall–Kier alpha value is -1.06. The maximum Gasteiger partial charge on any atom is 0.323 e. The predicted molar refractivity (Wildman–Crippen MR) is 29.1 cm³/mol. The van der Waals surface area contributed by atoms with Gasteiger partial charge in [0.2, 0.25) is 0 Å². The van der Waals surface area contributed by atoms with Crippen LogP contribution in [0.15, 0.2) is 0 Å². The van der Waals surface area contributed by atoms with Gasteiger partial charge in [-0.3, -0.25) is 9.59 Å². The third-order valence-electron chi connectivity index (χ3n) is 2.27. The molecular weight excluding hydrogens is 136 g/mol. The van der Waals surface area contributed by atoms with Crippen LogP contribution in [0.25, 0.3) is 0 Å². The van der Waals surface area contributed by atoms with Crippen LogP contribution < -0.4 is 0 Å². The van der Waals surface area contributed by atoms with Gasteiger partial charge >= 0.3 is 11.9 Å². The summed E-state index contributed by atoms with van der Waals surface area (Å²) in [4.78, 5) is 21.3. The Bertz CT molecular complexity index is 222. The van der Waals surface area contributed by atoms with Gasteiger partial charge in [-0.1, -0.05) is 0 Å². The quantitative estimate of drug-likeness (QED) is 0.401. The van der Waals surface area contributed by atoms with Gasteiger partial charge in [0.15, 0.2) is 5.41 Å². The minimum atomic E-state index is -1.12. The number of ether oxygens (including phenoxy) is 1. The third kappa shape index (κ3) is 0.394. The number of rotatable bonds is 1. The molecule has 2 fully saturated rings. The molecule has 54 valence electrons. The highest BCUT2D eigenvalue weighted by molar-refractivity contribution is 6.04. The number of fused-ring (bicyclic) bond motifs is 1. The summed E-state index contributed by atoms with van der Waals surface area (Å²) in [5, 5.41) is 8.58. The van der Waals surface area contributed by atoms with Crippen LogP contribution in [0, 0.1) is 11.3 Å². The van der Waals surface area contributed by atoms with Crippen LogP contribution in [-0.2, 0) is 14.3 Å². The monoisotopic (exact) mass is 142 g/mol. The molecule has 0 amide bonds. The lowest BCUT2D eigenvalue weighted by Crippen LogP contribution is -2.23. The summed E-state index contributed by atoms with van der Waals surface area (Å²) in [5.74, 6) is -1.62. The minimum Gasteiger partial charge on any atom is -0.480 e. The van der Waals surface area contributed by atoms with Crippen LogP contribution in [0.3, 0.4) is 0 Å². The lowest BCUT2D eigenvalue weighted by molar-refractivity contribution is -0.156. The number of hydrogen-bond donors (Lipinski definition) is 1. The normalized spacial score (nSPS) is 42.4. The molecule has 0 radical (unpaired) electrons. The van der Waals surface area contributed by atoms with Crippen molar-refractivity contribution in [2.24, 2.45) is 11.3 Å². The van der Waals surface area contributed by atoms with E-state index in [1.807, 2.05) is 0 Å². The van der Waals surface area contributed by atoms with Gasteiger partial charge in [-0.2, -0.15) is 0 Å². The largest absolute Gasteiger partial charge is 0.480 e. The molecule has 0 aromatic heterocycles. The van der Waals surface area contributed by atoms with E-state index < -0.39 is 17.4 Å². The maximum absolute atomic E-state index is 10.8. The van der Waals surface area contributed by atoms with Crippen molar-refractivity contribution in [3.05, 3.63) is 0 Å². The number of esters is 1. The number of aliphatic carboxylic acids is 1. The SMILES string of the molecule is O=C(O)[C@]12C[C@H]1COC2=O. The summed E-state index contributed by atoms with van der Waals surface area (Å²) in [7, 11) is 0. The molecule has 1 saturated heterocycles. The maximum atomic E-state index is 10.8. The molecule has 1 heterocycles. The molecule has 2 atom stereocenters. The van der Waals surface area contributed by atoms with Crippen LogP contribution >= 0.6 is 0 Å². The van der Waals surface area contributed by atoms with Crippen molar-refractivity contribution >= 4 is 11.9 Å². The minimum absolute atomic E-state index is 0.0440. The summed E-state index contributed by atoms with van der Waals surface area (Å²) in [6.07, 6.45) is 0.473. The Balaban J connectivity index is 2.33. The van der Waals surface area contributed by atoms with E-state index in [1.165, 1.54) is 0 Å². The molecule has 1 saturated carbocycles. The number of hydrogen-bond acceptors (Lipinski definition) is 3. The molecule has 0 spiro atoms. The second kappa shape index (κ2) is 1.33. The first kappa shape index (κ1) is 5.70. The summed E-state index contributed by atoms with van der Waals surface area (Å²) >= 11 is 0. The predicted octanol–water partition coefficient (Wildman–Crippen LogP) is -0.366. The fourth-order valence-electron chi connectivity index (χ4n) is 1.44. The zero-order valence-corrected chi connectivity index (χ0v) is 5.16. The van der Waals surface area contributed by atoms with E-state index in [0.29, 0.717) is 13.0 Å². The fraction of sp³-hybridized carbons (Fsp3) is 0.667. The summed E-state index contributed by atoms with van der Waals surface area (Å²) < 4.78 is 4.56. The molecule has 1 aliphatic carbocycles. The Morgan fingerprint density at radius 1 is 1.80 bits per heavy atom. The highest BCUT2D eigenvalue weighted by Crippen LogP contribution is 2.57. The smallest absolute Gasteiger partial charge is 0.323 e. The Kier molecular flexibility index (Phi) is 0.760. The van der Waals surface area contributed by atoms with Crippen LogP contribution in [-0.4, -0.2) is 23.7 Å². The molecule has 2 aliphatic rings. The van der Waals surface area contributed by atoms with Crippen molar-refractivity contribution in [1.29, 1.82) is 0 Å². The third-order valence-corrected chi connectivity index (χ3v) is 2.27. The van der Waals surface area contributed by atoms with Crippen LogP contribution in [0.2, 0.25) is 0 Å². The van der Waals surface area contributed by atoms with Crippen molar-refractivity contribution in [2.75, 3.05) is 6.61 Å². The van der Waals surface area contributed by atoms with Gasteiger partial charge in [-0.25, -0.2) is 0 Å². The van der Waals surface area contributed by atoms with Gasteiger partial charge in [-0.15, -0.1) is 0 Å². The van der Waals surface area contributed by atoms with E-state index in [9.17, 15) is 9.59 Å². The van der Waals surface area contributed by atoms with E-state index in [-0.39, 0.29) is 5.92 Å². The highest BCUT2D eigenvalue weighted by atomic mass is 16.5. The number of cyclic esters (lactones) is 1.